The third kappa shape index (κ3) is 16.8. The van der Waals surface area contributed by atoms with E-state index in [0.717, 1.165) is 12.8 Å². The first-order valence-electron chi connectivity index (χ1n) is 8.52. The fourth-order valence-corrected chi connectivity index (χ4v) is 2.42. The molecule has 0 unspecified atom stereocenters. The van der Waals surface area contributed by atoms with Crippen molar-refractivity contribution in [2.75, 3.05) is 0 Å². The molecule has 0 saturated heterocycles. The Kier molecular flexibility index (Phi) is 14.4. The average molecular weight is 301 g/mol. The minimum Gasteiger partial charge on any atom is -0.268 e. The maximum absolute atomic E-state index is 10.9. The highest BCUT2D eigenvalue weighted by atomic mass is 17.0. The summed E-state index contributed by atoms with van der Waals surface area (Å²) in [6.45, 7) is 2.24. The Balaban J connectivity index is 3.09. The van der Waals surface area contributed by atoms with Gasteiger partial charge in [0.05, 0.1) is 0 Å². The second-order valence-corrected chi connectivity index (χ2v) is 5.68. The minimum absolute atomic E-state index is 0.152. The van der Waals surface area contributed by atoms with Crippen molar-refractivity contribution < 1.29 is 14.7 Å². The van der Waals surface area contributed by atoms with Crippen LogP contribution in [-0.2, 0) is 9.63 Å². The monoisotopic (exact) mass is 301 g/mol. The SMILES string of the molecule is CCCCCCCCCCCCCCCC(=O)O[N+](=O)[O-]. The van der Waals surface area contributed by atoms with Crippen molar-refractivity contribution in [3.8, 4) is 0 Å². The van der Waals surface area contributed by atoms with Crippen molar-refractivity contribution in [1.29, 1.82) is 0 Å². The largest absolute Gasteiger partial charge is 0.303 e. The molecule has 0 fully saturated rings. The Labute approximate surface area is 128 Å². The lowest BCUT2D eigenvalue weighted by atomic mass is 10.0. The number of carbonyl (C=O) groups excluding carboxylic acids is 1. The molecule has 124 valence electrons. The van der Waals surface area contributed by atoms with Gasteiger partial charge in [0.25, 0.3) is 0 Å². The maximum Gasteiger partial charge on any atom is 0.303 e. The van der Waals surface area contributed by atoms with E-state index in [-0.39, 0.29) is 6.42 Å². The van der Waals surface area contributed by atoms with Crippen LogP contribution in [0.3, 0.4) is 0 Å². The molecule has 0 aromatic carbocycles. The summed E-state index contributed by atoms with van der Waals surface area (Å²) in [6, 6.07) is 0. The predicted molar refractivity (Wildman–Crippen MR) is 83.4 cm³/mol. The first kappa shape index (κ1) is 19.9. The van der Waals surface area contributed by atoms with Crippen molar-refractivity contribution in [3.05, 3.63) is 10.1 Å². The van der Waals surface area contributed by atoms with Gasteiger partial charge in [-0.25, -0.2) is 4.84 Å². The lowest BCUT2D eigenvalue weighted by Gasteiger charge is -2.02. The van der Waals surface area contributed by atoms with Gasteiger partial charge in [-0.05, 0) is 6.42 Å². The van der Waals surface area contributed by atoms with Crippen LogP contribution >= 0.6 is 0 Å². The fraction of sp³-hybridized carbons (Fsp3) is 0.938. The van der Waals surface area contributed by atoms with Crippen molar-refractivity contribution in [2.24, 2.45) is 0 Å². The number of nitrogens with zero attached hydrogens (tertiary/aromatic N) is 1. The van der Waals surface area contributed by atoms with E-state index >= 15 is 0 Å². The van der Waals surface area contributed by atoms with E-state index in [4.69, 9.17) is 0 Å². The van der Waals surface area contributed by atoms with Crippen LogP contribution in [0.4, 0.5) is 0 Å². The van der Waals surface area contributed by atoms with Gasteiger partial charge >= 0.3 is 11.1 Å². The van der Waals surface area contributed by atoms with Gasteiger partial charge in [0.1, 0.15) is 0 Å². The van der Waals surface area contributed by atoms with Gasteiger partial charge in [-0.1, -0.05) is 84.0 Å². The second-order valence-electron chi connectivity index (χ2n) is 5.68. The zero-order valence-corrected chi connectivity index (χ0v) is 13.5. The fourth-order valence-electron chi connectivity index (χ4n) is 2.42. The van der Waals surface area contributed by atoms with E-state index in [1.165, 1.54) is 64.2 Å². The normalized spacial score (nSPS) is 10.5. The summed E-state index contributed by atoms with van der Waals surface area (Å²) >= 11 is 0. The highest BCUT2D eigenvalue weighted by Crippen LogP contribution is 2.13. The molecular weight excluding hydrogens is 270 g/mol. The molecule has 5 heteroatoms. The van der Waals surface area contributed by atoms with E-state index in [1.54, 1.807) is 0 Å². The smallest absolute Gasteiger partial charge is 0.268 e. The number of hydrogen-bond donors (Lipinski definition) is 0. The summed E-state index contributed by atoms with van der Waals surface area (Å²) in [7, 11) is 0. The van der Waals surface area contributed by atoms with Crippen LogP contribution in [0.25, 0.3) is 0 Å². The van der Waals surface area contributed by atoms with Crippen molar-refractivity contribution in [2.45, 2.75) is 96.8 Å². The Bertz CT molecular complexity index is 269. The molecule has 0 atom stereocenters. The van der Waals surface area contributed by atoms with Gasteiger partial charge in [-0.15, -0.1) is 10.1 Å². The Morgan fingerprint density at radius 2 is 1.19 bits per heavy atom. The maximum atomic E-state index is 10.9. The first-order chi connectivity index (χ1) is 10.2. The van der Waals surface area contributed by atoms with E-state index in [9.17, 15) is 14.9 Å². The number of carbonyl (C=O) groups is 1. The predicted octanol–water partition coefficient (Wildman–Crippen LogP) is 5.20. The topological polar surface area (TPSA) is 69.4 Å². The van der Waals surface area contributed by atoms with Gasteiger partial charge in [0.2, 0.25) is 0 Å². The van der Waals surface area contributed by atoms with Crippen molar-refractivity contribution in [3.63, 3.8) is 0 Å². The van der Waals surface area contributed by atoms with Crippen molar-refractivity contribution >= 4 is 5.97 Å². The molecule has 0 aliphatic rings. The Morgan fingerprint density at radius 3 is 1.57 bits per heavy atom. The van der Waals surface area contributed by atoms with Crippen LogP contribution in [0.2, 0.25) is 0 Å². The second kappa shape index (κ2) is 15.3. The quantitative estimate of drug-likeness (QED) is 0.237. The van der Waals surface area contributed by atoms with Crippen LogP contribution < -0.4 is 0 Å². The molecule has 0 heterocycles. The summed E-state index contributed by atoms with van der Waals surface area (Å²) in [5, 5.41) is 8.87. The highest BCUT2D eigenvalue weighted by molar-refractivity contribution is 5.68. The van der Waals surface area contributed by atoms with Gasteiger partial charge in [0.15, 0.2) is 0 Å². The molecule has 0 aromatic rings. The zero-order chi connectivity index (χ0) is 15.8. The molecule has 0 spiro atoms. The van der Waals surface area contributed by atoms with Gasteiger partial charge < -0.3 is 0 Å². The summed E-state index contributed by atoms with van der Waals surface area (Å²) in [5.74, 6) is -0.733. The molecule has 5 nitrogen and oxygen atoms in total. The zero-order valence-electron chi connectivity index (χ0n) is 13.5. The van der Waals surface area contributed by atoms with Crippen LogP contribution in [-0.4, -0.2) is 11.1 Å². The third-order valence-corrected chi connectivity index (χ3v) is 3.66. The molecule has 0 aliphatic heterocycles. The number of unbranched alkanes of at least 4 members (excludes halogenated alkanes) is 12. The molecule has 0 bridgehead atoms. The van der Waals surface area contributed by atoms with Gasteiger partial charge in [-0.3, -0.25) is 4.79 Å². The summed E-state index contributed by atoms with van der Waals surface area (Å²) in [6.07, 6.45) is 16.2. The summed E-state index contributed by atoms with van der Waals surface area (Å²) in [5.41, 5.74) is 0. The molecule has 0 aliphatic carbocycles. The standard InChI is InChI=1S/C16H31NO4/c1-2-3-4-5-6-7-8-9-10-11-12-13-14-15-16(18)21-17(19)20/h2-15H2,1H3. The lowest BCUT2D eigenvalue weighted by Crippen LogP contribution is -2.09. The van der Waals surface area contributed by atoms with Gasteiger partial charge in [0, 0.05) is 6.42 Å². The molecule has 0 saturated carbocycles. The summed E-state index contributed by atoms with van der Waals surface area (Å²) < 4.78 is 0. The molecule has 0 N–H and O–H groups in total. The average Bonchev–Trinajstić information content (AvgIpc) is 2.43. The van der Waals surface area contributed by atoms with Crippen molar-refractivity contribution in [1.82, 2.24) is 0 Å². The molecular formula is C16H31NO4. The molecule has 0 aromatic heterocycles. The molecule has 0 radical (unpaired) electrons. The van der Waals surface area contributed by atoms with Gasteiger partial charge in [-0.2, -0.15) is 0 Å². The summed E-state index contributed by atoms with van der Waals surface area (Å²) in [4.78, 5) is 24.6. The lowest BCUT2D eigenvalue weighted by molar-refractivity contribution is -0.729. The van der Waals surface area contributed by atoms with Crippen LogP contribution in [0.1, 0.15) is 96.8 Å². The van der Waals surface area contributed by atoms with E-state index in [2.05, 4.69) is 11.8 Å². The van der Waals surface area contributed by atoms with E-state index < -0.39 is 11.1 Å². The van der Waals surface area contributed by atoms with Crippen LogP contribution in [0, 0.1) is 10.1 Å². The third-order valence-electron chi connectivity index (χ3n) is 3.66. The first-order valence-corrected chi connectivity index (χ1v) is 8.52. The van der Waals surface area contributed by atoms with Crippen LogP contribution in [0.5, 0.6) is 0 Å². The highest BCUT2D eigenvalue weighted by Gasteiger charge is 2.06. The number of hydrogen-bond acceptors (Lipinski definition) is 4. The molecule has 0 amide bonds. The number of rotatable bonds is 15. The van der Waals surface area contributed by atoms with Crippen LogP contribution in [0.15, 0.2) is 0 Å². The molecule has 0 rings (SSSR count). The Morgan fingerprint density at radius 1 is 0.810 bits per heavy atom. The molecule has 21 heavy (non-hydrogen) atoms. The minimum atomic E-state index is -1.04. The van der Waals surface area contributed by atoms with E-state index in [1.807, 2.05) is 0 Å². The van der Waals surface area contributed by atoms with E-state index in [0.29, 0.717) is 6.42 Å². The Hall–Kier alpha value is -1.13.